The van der Waals surface area contributed by atoms with Crippen molar-refractivity contribution in [1.82, 2.24) is 26.0 Å². The molecule has 0 radical (unpaired) electrons. The fourth-order valence-corrected chi connectivity index (χ4v) is 8.98. The quantitative estimate of drug-likeness (QED) is 0.175. The number of nitrogens with zero attached hydrogens (tertiary/aromatic N) is 2. The van der Waals surface area contributed by atoms with Crippen LogP contribution in [-0.4, -0.2) is 84.1 Å². The molecule has 3 aliphatic rings. The number of hydrogen-bond donors (Lipinski definition) is 3. The number of aliphatic carboxylic acids is 2. The third-order valence-electron chi connectivity index (χ3n) is 7.75. The molecule has 3 saturated heterocycles. The molecule has 3 aliphatic heterocycles. The van der Waals surface area contributed by atoms with E-state index in [-0.39, 0.29) is 76.1 Å². The largest absolute Gasteiger partial charge is 1.00 e. The monoisotopic (exact) mass is 695 g/mol. The van der Waals surface area contributed by atoms with Crippen molar-refractivity contribution in [2.24, 2.45) is 0 Å². The summed E-state index contributed by atoms with van der Waals surface area (Å²) >= 11 is 8.66. The Morgan fingerprint density at radius 1 is 1.07 bits per heavy atom. The van der Waals surface area contributed by atoms with Crippen molar-refractivity contribution in [3.63, 3.8) is 0 Å². The Morgan fingerprint density at radius 2 is 1.71 bits per heavy atom. The molecule has 45 heavy (non-hydrogen) atoms. The molecule has 1 aromatic heterocycles. The minimum atomic E-state index is -1.40. The molecule has 0 unspecified atom stereocenters. The predicted molar refractivity (Wildman–Crippen MR) is 153 cm³/mol. The Balaban J connectivity index is 0.00000276. The molecular formula is C27H28ClN5Na2O8S2. The number of amides is 3. The van der Waals surface area contributed by atoms with Gasteiger partial charge in [0.2, 0.25) is 11.8 Å². The van der Waals surface area contributed by atoms with Crippen LogP contribution in [0.1, 0.15) is 43.8 Å². The number of benzene rings is 1. The zero-order valence-corrected chi connectivity index (χ0v) is 32.0. The van der Waals surface area contributed by atoms with Gasteiger partial charge in [-0.1, -0.05) is 35.0 Å². The van der Waals surface area contributed by atoms with Gasteiger partial charge >= 0.3 is 59.1 Å². The van der Waals surface area contributed by atoms with Gasteiger partial charge in [-0.15, -0.1) is 23.5 Å². The first-order valence-corrected chi connectivity index (χ1v) is 15.4. The number of hydrogen-bond acceptors (Lipinski definition) is 12. The van der Waals surface area contributed by atoms with Crippen molar-refractivity contribution in [3.8, 4) is 11.3 Å². The van der Waals surface area contributed by atoms with E-state index in [0.717, 1.165) is 11.8 Å². The first kappa shape index (κ1) is 38.2. The number of β-lactam (4-membered cyclic amide) rings is 1. The van der Waals surface area contributed by atoms with Gasteiger partial charge in [-0.2, -0.15) is 0 Å². The van der Waals surface area contributed by atoms with E-state index in [0.29, 0.717) is 10.6 Å². The fraction of sp³-hybridized carbons (Fsp3) is 0.481. The van der Waals surface area contributed by atoms with Crippen molar-refractivity contribution < 1.29 is 97.8 Å². The van der Waals surface area contributed by atoms with Gasteiger partial charge in [0, 0.05) is 15.1 Å². The summed E-state index contributed by atoms with van der Waals surface area (Å²) in [6.45, 7) is 8.18. The zero-order valence-electron chi connectivity index (χ0n) is 25.6. The van der Waals surface area contributed by atoms with E-state index in [4.69, 9.17) is 16.1 Å². The number of aromatic nitrogens is 1. The van der Waals surface area contributed by atoms with Crippen LogP contribution >= 0.6 is 35.1 Å². The van der Waals surface area contributed by atoms with Gasteiger partial charge in [-0.3, -0.25) is 19.7 Å². The first-order chi connectivity index (χ1) is 20.0. The third kappa shape index (κ3) is 6.99. The summed E-state index contributed by atoms with van der Waals surface area (Å²) in [4.78, 5) is 65.4. The number of thioether (sulfide) groups is 2. The molecule has 5 rings (SSSR count). The molecule has 18 heteroatoms. The summed E-state index contributed by atoms with van der Waals surface area (Å²) < 4.78 is 3.49. The predicted octanol–water partition coefficient (Wildman–Crippen LogP) is -6.73. The van der Waals surface area contributed by atoms with Crippen molar-refractivity contribution >= 4 is 64.8 Å². The Morgan fingerprint density at radius 3 is 2.29 bits per heavy atom. The van der Waals surface area contributed by atoms with Gasteiger partial charge in [0.15, 0.2) is 0 Å². The molecule has 3 N–H and O–H groups in total. The second-order valence-corrected chi connectivity index (χ2v) is 15.5. The number of nitrogens with one attached hydrogen (secondary N) is 3. The van der Waals surface area contributed by atoms with E-state index in [9.17, 15) is 34.2 Å². The van der Waals surface area contributed by atoms with Crippen LogP contribution in [0.4, 0.5) is 0 Å². The fourth-order valence-electron chi connectivity index (χ4n) is 5.65. The second-order valence-electron chi connectivity index (χ2n) is 11.5. The van der Waals surface area contributed by atoms with Gasteiger partial charge < -0.3 is 39.9 Å². The van der Waals surface area contributed by atoms with Crippen LogP contribution in [0.5, 0.6) is 0 Å². The number of carbonyl (C=O) groups is 5. The van der Waals surface area contributed by atoms with E-state index in [1.807, 2.05) is 0 Å². The van der Waals surface area contributed by atoms with E-state index in [1.54, 1.807) is 52.0 Å². The SMILES string of the molecule is Cc1onc(-c2ccccc2Cl)c1C(=O)N[C@H](C(=O)N[C@@H]1C(=O)N2[C@@H]1SC(C)(C)[C@@H]2C(=O)[O-])[C@@H]1N[C@@H](C(=O)[O-])C(C)(C)S1.[Na+].[Na+]. The molecular weight excluding hydrogens is 668 g/mol. The molecule has 2 aromatic rings. The van der Waals surface area contributed by atoms with Crippen LogP contribution in [0.3, 0.4) is 0 Å². The molecule has 1 aromatic carbocycles. The molecule has 0 aliphatic carbocycles. The third-order valence-corrected chi connectivity index (χ3v) is 11.2. The number of aryl methyl sites for hydroxylation is 1. The van der Waals surface area contributed by atoms with Crippen molar-refractivity contribution in [2.45, 2.75) is 79.0 Å². The summed E-state index contributed by atoms with van der Waals surface area (Å²) in [5, 5.41) is 34.5. The average Bonchev–Trinajstić information content (AvgIpc) is 3.54. The van der Waals surface area contributed by atoms with Gasteiger partial charge in [0.25, 0.3) is 5.91 Å². The maximum absolute atomic E-state index is 13.8. The number of carboxylic acid groups (broad SMARTS) is 2. The average molecular weight is 696 g/mol. The molecule has 13 nitrogen and oxygen atoms in total. The number of fused-ring (bicyclic) bond motifs is 1. The topological polar surface area (TPSA) is 197 Å². The summed E-state index contributed by atoms with van der Waals surface area (Å²) in [7, 11) is 0. The van der Waals surface area contributed by atoms with Crippen LogP contribution in [-0.2, 0) is 19.2 Å². The maximum atomic E-state index is 13.8. The van der Waals surface area contributed by atoms with Crippen molar-refractivity contribution in [1.29, 1.82) is 0 Å². The normalized spacial score (nSPS) is 26.4. The Labute approximate surface area is 316 Å². The van der Waals surface area contributed by atoms with Gasteiger partial charge in [-0.05, 0) is 40.7 Å². The molecule has 3 amide bonds. The van der Waals surface area contributed by atoms with Crippen LogP contribution in [0.25, 0.3) is 11.3 Å². The van der Waals surface area contributed by atoms with Gasteiger partial charge in [0.1, 0.15) is 34.5 Å². The number of carbonyl (C=O) groups excluding carboxylic acids is 5. The maximum Gasteiger partial charge on any atom is 1.00 e. The molecule has 3 fully saturated rings. The van der Waals surface area contributed by atoms with Crippen LogP contribution in [0.2, 0.25) is 5.02 Å². The molecule has 4 heterocycles. The molecule has 0 bridgehead atoms. The van der Waals surface area contributed by atoms with Gasteiger partial charge in [0.05, 0.1) is 34.4 Å². The van der Waals surface area contributed by atoms with Crippen molar-refractivity contribution in [2.75, 3.05) is 0 Å². The number of halogens is 1. The minimum absolute atomic E-state index is 0. The van der Waals surface area contributed by atoms with E-state index >= 15 is 0 Å². The van der Waals surface area contributed by atoms with Crippen LogP contribution in [0, 0.1) is 6.92 Å². The van der Waals surface area contributed by atoms with E-state index in [1.165, 1.54) is 23.6 Å². The number of rotatable bonds is 8. The second kappa shape index (κ2) is 14.1. The molecule has 0 spiro atoms. The van der Waals surface area contributed by atoms with E-state index < -0.39 is 74.1 Å². The van der Waals surface area contributed by atoms with Crippen LogP contribution < -0.4 is 85.3 Å². The Kier molecular flexibility index (Phi) is 11.9. The summed E-state index contributed by atoms with van der Waals surface area (Å²) in [5.74, 6) is -4.77. The zero-order chi connectivity index (χ0) is 31.6. The van der Waals surface area contributed by atoms with E-state index in [2.05, 4.69) is 21.1 Å². The van der Waals surface area contributed by atoms with Crippen LogP contribution in [0.15, 0.2) is 28.8 Å². The van der Waals surface area contributed by atoms with Gasteiger partial charge in [-0.25, -0.2) is 0 Å². The first-order valence-electron chi connectivity index (χ1n) is 13.2. The van der Waals surface area contributed by atoms with Crippen molar-refractivity contribution in [3.05, 3.63) is 40.6 Å². The Hall–Kier alpha value is -1.27. The molecule has 230 valence electrons. The minimum Gasteiger partial charge on any atom is -0.548 e. The molecule has 6 atom stereocenters. The number of carboxylic acids is 2. The molecule has 0 saturated carbocycles. The summed E-state index contributed by atoms with van der Waals surface area (Å²) in [6.07, 6.45) is 0. The summed E-state index contributed by atoms with van der Waals surface area (Å²) in [5.41, 5.74) is 0.574. The summed E-state index contributed by atoms with van der Waals surface area (Å²) in [6, 6.07) is 1.86. The standard InChI is InChI=1S/C27H30ClN5O8S2.2Na/c1-10-13(14(32-41-10)11-8-6-7-9-12(11)28)19(34)29-15(21-31-17(24(37)38)26(2,3)42-21)20(35)30-16-22(36)33-18(25(39)40)27(4,5)43-23(16)33;;/h6-9,15-18,21,23,31H,1-5H3,(H,29,34)(H,30,35)(H,37,38)(H,39,40);;/q;2*+1/p-2/t15-,16-,17+,18+,21-,23-;;/m1../s1. The Bertz CT molecular complexity index is 1540. The smallest absolute Gasteiger partial charge is 0.548 e.